The highest BCUT2D eigenvalue weighted by Crippen LogP contribution is 2.18. The number of hydrogen-bond acceptors (Lipinski definition) is 6. The Hall–Kier alpha value is -3.78. The third kappa shape index (κ3) is 3.09. The summed E-state index contributed by atoms with van der Waals surface area (Å²) in [5.74, 6) is 0.452. The van der Waals surface area contributed by atoms with E-state index >= 15 is 0 Å². The molecule has 0 saturated carbocycles. The van der Waals surface area contributed by atoms with Gasteiger partial charge in [-0.25, -0.2) is 4.99 Å². The van der Waals surface area contributed by atoms with Gasteiger partial charge < -0.3 is 0 Å². The summed E-state index contributed by atoms with van der Waals surface area (Å²) in [4.78, 5) is 5.19. The number of thiocarbonyl (C=S) groups is 1. The largest absolute Gasteiger partial charge is 0.226 e. The number of aryl methyl sites for hydroxylation is 1. The van der Waals surface area contributed by atoms with Crippen LogP contribution in [0, 0.1) is 6.92 Å². The van der Waals surface area contributed by atoms with Crippen LogP contribution in [0.3, 0.4) is 0 Å². The first kappa shape index (κ1) is 17.3. The summed E-state index contributed by atoms with van der Waals surface area (Å²) < 4.78 is 3.25. The Balaban J connectivity index is 1.71. The zero-order valence-corrected chi connectivity index (χ0v) is 16.3. The van der Waals surface area contributed by atoms with Gasteiger partial charge in [-0.2, -0.15) is 9.36 Å². The second-order valence-electron chi connectivity index (χ2n) is 6.56. The van der Waals surface area contributed by atoms with Crippen LogP contribution >= 0.6 is 12.2 Å². The molecule has 0 unspecified atom stereocenters. The van der Waals surface area contributed by atoms with Crippen LogP contribution < -0.4 is 0 Å². The van der Waals surface area contributed by atoms with Crippen molar-refractivity contribution in [1.29, 1.82) is 0 Å². The molecule has 0 N–H and O–H groups in total. The molecule has 3 aromatic carbocycles. The molecule has 5 rings (SSSR count). The van der Waals surface area contributed by atoms with Crippen LogP contribution in [0.25, 0.3) is 22.1 Å². The van der Waals surface area contributed by atoms with E-state index in [2.05, 4.69) is 20.6 Å². The first-order valence-electron chi connectivity index (χ1n) is 9.02. The van der Waals surface area contributed by atoms with Crippen LogP contribution in [0.1, 0.15) is 5.56 Å². The van der Waals surface area contributed by atoms with Gasteiger partial charge in [0.05, 0.1) is 16.7 Å². The lowest BCUT2D eigenvalue weighted by molar-refractivity contribution is 0.848. The first-order valence-corrected chi connectivity index (χ1v) is 9.43. The Morgan fingerprint density at radius 1 is 0.759 bits per heavy atom. The minimum Gasteiger partial charge on any atom is -0.226 e. The van der Waals surface area contributed by atoms with E-state index in [1.54, 1.807) is 9.36 Å². The fourth-order valence-electron chi connectivity index (χ4n) is 3.07. The highest BCUT2D eigenvalue weighted by atomic mass is 32.1. The van der Waals surface area contributed by atoms with Gasteiger partial charge in [-0.15, -0.1) is 10.2 Å². The van der Waals surface area contributed by atoms with E-state index in [0.717, 1.165) is 33.3 Å². The highest BCUT2D eigenvalue weighted by Gasteiger charge is 2.19. The predicted molar refractivity (Wildman–Crippen MR) is 117 cm³/mol. The molecule has 0 bridgehead atoms. The summed E-state index contributed by atoms with van der Waals surface area (Å²) in [5, 5.41) is 17.0. The van der Waals surface area contributed by atoms with Crippen molar-refractivity contribution in [2.45, 2.75) is 6.92 Å². The van der Waals surface area contributed by atoms with Crippen LogP contribution in [0.5, 0.6) is 0 Å². The average molecular weight is 397 g/mol. The first-order chi connectivity index (χ1) is 14.2. The van der Waals surface area contributed by atoms with Gasteiger partial charge in [-0.05, 0) is 43.3 Å². The minimum absolute atomic E-state index is 0.384. The molecule has 0 amide bonds. The number of nitrogens with zero attached hydrogens (tertiary/aromatic N) is 7. The number of aliphatic imine (C=N–C) groups is 1. The molecule has 0 aliphatic heterocycles. The van der Waals surface area contributed by atoms with E-state index in [1.165, 1.54) is 0 Å². The van der Waals surface area contributed by atoms with E-state index in [4.69, 9.17) is 17.2 Å². The molecule has 2 heterocycles. The molecule has 8 heteroatoms. The molecule has 0 spiro atoms. The lowest BCUT2D eigenvalue weighted by atomic mass is 10.2. The van der Waals surface area contributed by atoms with Crippen LogP contribution in [0.15, 0.2) is 77.8 Å². The molecule has 0 fully saturated rings. The van der Waals surface area contributed by atoms with Crippen LogP contribution in [-0.4, -0.2) is 40.8 Å². The molecule has 2 aromatic heterocycles. The van der Waals surface area contributed by atoms with Crippen molar-refractivity contribution in [2.24, 2.45) is 4.99 Å². The predicted octanol–water partition coefficient (Wildman–Crippen LogP) is 3.94. The molecule has 0 aliphatic rings. The molecular weight excluding hydrogens is 382 g/mol. The summed E-state index contributed by atoms with van der Waals surface area (Å²) in [6.07, 6.45) is 0. The van der Waals surface area contributed by atoms with Crippen molar-refractivity contribution in [1.82, 2.24) is 30.0 Å². The number of para-hydroxylation sites is 2. The fourth-order valence-corrected chi connectivity index (χ4v) is 3.33. The number of rotatable bonds is 1. The van der Waals surface area contributed by atoms with E-state index in [1.807, 2.05) is 79.7 Å². The Morgan fingerprint density at radius 2 is 1.31 bits per heavy atom. The second kappa shape index (κ2) is 6.99. The standard InChI is InChI=1S/C21H15N7S/c1-14-10-12-15(13-11-14)22-20(27-18-8-4-2-6-16(18)23-25-27)21(29)28-19-9-5-3-7-17(19)24-26-28/h2-13H,1H3. The number of hydrogen-bond donors (Lipinski definition) is 0. The molecule has 7 nitrogen and oxygen atoms in total. The van der Waals surface area contributed by atoms with Gasteiger partial charge >= 0.3 is 0 Å². The molecule has 0 aliphatic carbocycles. The van der Waals surface area contributed by atoms with Crippen molar-refractivity contribution in [3.05, 3.63) is 78.4 Å². The average Bonchev–Trinajstić information content (AvgIpc) is 3.37. The van der Waals surface area contributed by atoms with Crippen molar-refractivity contribution < 1.29 is 0 Å². The maximum atomic E-state index is 5.80. The topological polar surface area (TPSA) is 73.8 Å². The Labute approximate surface area is 171 Å². The summed E-state index contributed by atoms with van der Waals surface area (Å²) in [6.45, 7) is 2.03. The normalized spacial score (nSPS) is 12.0. The van der Waals surface area contributed by atoms with Gasteiger partial charge in [0.15, 0.2) is 10.8 Å². The lowest BCUT2D eigenvalue weighted by Gasteiger charge is -2.09. The van der Waals surface area contributed by atoms with E-state index in [-0.39, 0.29) is 0 Å². The van der Waals surface area contributed by atoms with Crippen LogP contribution in [-0.2, 0) is 0 Å². The molecule has 29 heavy (non-hydrogen) atoms. The van der Waals surface area contributed by atoms with Gasteiger partial charge in [-0.3, -0.25) is 0 Å². The second-order valence-corrected chi connectivity index (χ2v) is 6.94. The molecule has 140 valence electrons. The third-order valence-corrected chi connectivity index (χ3v) is 4.91. The van der Waals surface area contributed by atoms with Crippen LogP contribution in [0.4, 0.5) is 5.69 Å². The summed E-state index contributed by atoms with van der Waals surface area (Å²) in [6, 6.07) is 23.2. The van der Waals surface area contributed by atoms with Crippen molar-refractivity contribution in [3.63, 3.8) is 0 Å². The number of fused-ring (bicyclic) bond motifs is 2. The molecule has 5 aromatic rings. The maximum Gasteiger partial charge on any atom is 0.193 e. The van der Waals surface area contributed by atoms with Crippen LogP contribution in [0.2, 0.25) is 0 Å². The zero-order valence-electron chi connectivity index (χ0n) is 15.5. The van der Waals surface area contributed by atoms with E-state index < -0.39 is 0 Å². The molecule has 0 saturated heterocycles. The zero-order chi connectivity index (χ0) is 19.8. The van der Waals surface area contributed by atoms with Gasteiger partial charge in [0, 0.05) is 0 Å². The van der Waals surface area contributed by atoms with E-state index in [0.29, 0.717) is 10.8 Å². The van der Waals surface area contributed by atoms with Gasteiger partial charge in [-0.1, -0.05) is 64.6 Å². The maximum absolute atomic E-state index is 5.80. The number of aromatic nitrogens is 6. The summed E-state index contributed by atoms with van der Waals surface area (Å²) in [5.41, 5.74) is 5.05. The molecule has 0 atom stereocenters. The Bertz CT molecular complexity index is 1380. The minimum atomic E-state index is 0.384. The lowest BCUT2D eigenvalue weighted by Crippen LogP contribution is -2.29. The summed E-state index contributed by atoms with van der Waals surface area (Å²) >= 11 is 5.80. The highest BCUT2D eigenvalue weighted by molar-refractivity contribution is 7.82. The number of benzene rings is 3. The molecular formula is C21H15N7S. The Kier molecular flexibility index (Phi) is 4.18. The molecule has 0 radical (unpaired) electrons. The van der Waals surface area contributed by atoms with Gasteiger partial charge in [0.2, 0.25) is 0 Å². The van der Waals surface area contributed by atoms with Gasteiger partial charge in [0.1, 0.15) is 11.0 Å². The Morgan fingerprint density at radius 3 is 1.97 bits per heavy atom. The van der Waals surface area contributed by atoms with Gasteiger partial charge in [0.25, 0.3) is 0 Å². The van der Waals surface area contributed by atoms with E-state index in [9.17, 15) is 0 Å². The SMILES string of the molecule is Cc1ccc(N=C(C(=S)n2nnc3ccccc32)n2nnc3ccccc32)cc1. The smallest absolute Gasteiger partial charge is 0.193 e. The quantitative estimate of drug-likeness (QED) is 0.243. The fraction of sp³-hybridized carbons (Fsp3) is 0.0476. The third-order valence-electron chi connectivity index (χ3n) is 4.56. The summed E-state index contributed by atoms with van der Waals surface area (Å²) in [7, 11) is 0. The van der Waals surface area contributed by atoms with Crippen molar-refractivity contribution in [3.8, 4) is 0 Å². The monoisotopic (exact) mass is 397 g/mol. The van der Waals surface area contributed by atoms with Crippen molar-refractivity contribution >= 4 is 50.8 Å². The van der Waals surface area contributed by atoms with Crippen molar-refractivity contribution in [2.75, 3.05) is 0 Å².